The highest BCUT2D eigenvalue weighted by Crippen LogP contribution is 2.81. The smallest absolute Gasteiger partial charge is 0.164 e. The van der Waals surface area contributed by atoms with Gasteiger partial charge in [0.25, 0.3) is 0 Å². The average molecular weight is 561 g/mol. The lowest BCUT2D eigenvalue weighted by Crippen LogP contribution is -2.65. The monoisotopic (exact) mass is 560 g/mol. The average Bonchev–Trinajstić information content (AvgIpc) is 3.53. The van der Waals surface area contributed by atoms with Crippen molar-refractivity contribution in [1.29, 1.82) is 0 Å². The molecule has 7 heteroatoms. The summed E-state index contributed by atoms with van der Waals surface area (Å²) in [5, 5.41) is 10.6. The van der Waals surface area contributed by atoms with E-state index in [2.05, 4.69) is 20.8 Å². The zero-order chi connectivity index (χ0) is 28.9. The van der Waals surface area contributed by atoms with Gasteiger partial charge >= 0.3 is 0 Å². The summed E-state index contributed by atoms with van der Waals surface area (Å²) < 4.78 is 33.9. The Morgan fingerprint density at radius 2 is 1.48 bits per heavy atom. The zero-order valence-electron chi connectivity index (χ0n) is 26.2. The summed E-state index contributed by atoms with van der Waals surface area (Å²) in [5.41, 5.74) is -2.38. The maximum Gasteiger partial charge on any atom is 0.164 e. The Morgan fingerprint density at radius 3 is 2.15 bits per heavy atom. The summed E-state index contributed by atoms with van der Waals surface area (Å²) in [4.78, 5) is 14.0. The first-order valence-electron chi connectivity index (χ1n) is 16.0. The Balaban J connectivity index is 1.27. The zero-order valence-corrected chi connectivity index (χ0v) is 26.2. The molecule has 4 aliphatic heterocycles. The standard InChI is InChI=1S/C33H52O7/c1-26(2,35)12-11-25-31(9,39-28(5,6)38-25)23-10-13-29(7)24-17-20(34)19-16-21-22(37-27(3,4)36-21)18-30(19,8)33(24)15-14-32(23,29)40-33/h19,21-25,35H,10-18H2,1-9H3/t19-,21+,22-,23+,24?,25+,29+,30-,31+,32?,33?/m0/s1. The van der Waals surface area contributed by atoms with E-state index in [1.165, 1.54) is 0 Å². The Labute approximate surface area is 240 Å². The van der Waals surface area contributed by atoms with Crippen LogP contribution in [0.4, 0.5) is 0 Å². The first kappa shape index (κ1) is 28.2. The third-order valence-electron chi connectivity index (χ3n) is 13.2. The summed E-state index contributed by atoms with van der Waals surface area (Å²) in [6.45, 7) is 18.8. The van der Waals surface area contributed by atoms with Crippen molar-refractivity contribution >= 4 is 5.78 Å². The molecular weight excluding hydrogens is 508 g/mol. The van der Waals surface area contributed by atoms with Crippen molar-refractivity contribution in [2.75, 3.05) is 0 Å². The van der Waals surface area contributed by atoms with Crippen molar-refractivity contribution < 1.29 is 33.6 Å². The van der Waals surface area contributed by atoms with Crippen molar-refractivity contribution in [3.63, 3.8) is 0 Å². The van der Waals surface area contributed by atoms with E-state index in [4.69, 9.17) is 23.7 Å². The minimum absolute atomic E-state index is 0.00235. The number of carbonyl (C=O) groups is 1. The van der Waals surface area contributed by atoms with Gasteiger partial charge in [-0.1, -0.05) is 13.8 Å². The molecule has 0 aromatic heterocycles. The molecule has 7 aliphatic rings. The molecule has 7 rings (SSSR count). The van der Waals surface area contributed by atoms with E-state index in [9.17, 15) is 9.90 Å². The second-order valence-electron chi connectivity index (χ2n) is 16.9. The molecule has 0 amide bonds. The van der Waals surface area contributed by atoms with Crippen LogP contribution in [0.5, 0.6) is 0 Å². The molecule has 4 heterocycles. The van der Waals surface area contributed by atoms with Gasteiger partial charge in [-0.05, 0) is 99.8 Å². The molecule has 7 fully saturated rings. The number of aliphatic hydroxyl groups is 1. The van der Waals surface area contributed by atoms with Crippen LogP contribution in [0.3, 0.4) is 0 Å². The van der Waals surface area contributed by atoms with Crippen LogP contribution in [-0.4, -0.2) is 63.2 Å². The number of rotatable bonds is 4. The van der Waals surface area contributed by atoms with Crippen LogP contribution < -0.4 is 0 Å². The number of Topliss-reactive ketones (excluding diaryl/α,β-unsaturated/α-hetero) is 1. The maximum absolute atomic E-state index is 14.0. The van der Waals surface area contributed by atoms with E-state index in [0.29, 0.717) is 18.6 Å². The van der Waals surface area contributed by atoms with Crippen LogP contribution >= 0.6 is 0 Å². The number of ketones is 1. The molecule has 0 aromatic rings. The van der Waals surface area contributed by atoms with Gasteiger partial charge in [0.05, 0.1) is 35.1 Å². The van der Waals surface area contributed by atoms with Crippen molar-refractivity contribution in [3.8, 4) is 0 Å². The predicted molar refractivity (Wildman–Crippen MR) is 148 cm³/mol. The molecular formula is C33H52O7. The molecule has 3 saturated carbocycles. The van der Waals surface area contributed by atoms with E-state index in [0.717, 1.165) is 44.9 Å². The topological polar surface area (TPSA) is 83.5 Å². The lowest BCUT2D eigenvalue weighted by atomic mass is 9.42. The Bertz CT molecular complexity index is 1110. The number of hydrogen-bond donors (Lipinski definition) is 1. The quantitative estimate of drug-likeness (QED) is 0.473. The first-order valence-corrected chi connectivity index (χ1v) is 16.0. The number of ether oxygens (including phenoxy) is 5. The molecule has 226 valence electrons. The molecule has 7 nitrogen and oxygen atoms in total. The highest BCUT2D eigenvalue weighted by molar-refractivity contribution is 5.84. The molecule has 0 aromatic carbocycles. The summed E-state index contributed by atoms with van der Waals surface area (Å²) in [6.07, 6.45) is 7.39. The summed E-state index contributed by atoms with van der Waals surface area (Å²) in [5.74, 6) is -0.612. The lowest BCUT2D eigenvalue weighted by Gasteiger charge is -2.60. The van der Waals surface area contributed by atoms with E-state index in [1.54, 1.807) is 0 Å². The van der Waals surface area contributed by atoms with Gasteiger partial charge < -0.3 is 28.8 Å². The van der Waals surface area contributed by atoms with E-state index in [-0.39, 0.29) is 58.1 Å². The van der Waals surface area contributed by atoms with Crippen LogP contribution in [0.25, 0.3) is 0 Å². The highest BCUT2D eigenvalue weighted by atomic mass is 16.8. The third kappa shape index (κ3) is 3.43. The van der Waals surface area contributed by atoms with Crippen molar-refractivity contribution in [2.24, 2.45) is 28.6 Å². The molecule has 11 atom stereocenters. The molecule has 2 bridgehead atoms. The second kappa shape index (κ2) is 7.92. The van der Waals surface area contributed by atoms with Crippen molar-refractivity contribution in [1.82, 2.24) is 0 Å². The minimum atomic E-state index is -0.765. The third-order valence-corrected chi connectivity index (χ3v) is 13.2. The highest BCUT2D eigenvalue weighted by Gasteiger charge is 2.85. The largest absolute Gasteiger partial charge is 0.390 e. The van der Waals surface area contributed by atoms with Gasteiger partial charge in [-0.2, -0.15) is 0 Å². The summed E-state index contributed by atoms with van der Waals surface area (Å²) in [6, 6.07) is 0. The van der Waals surface area contributed by atoms with Gasteiger partial charge in [-0.3, -0.25) is 4.79 Å². The summed E-state index contributed by atoms with van der Waals surface area (Å²) in [7, 11) is 0. The molecule has 1 N–H and O–H groups in total. The molecule has 40 heavy (non-hydrogen) atoms. The fraction of sp³-hybridized carbons (Fsp3) is 0.970. The van der Waals surface area contributed by atoms with Gasteiger partial charge in [0.1, 0.15) is 11.4 Å². The lowest BCUT2D eigenvalue weighted by molar-refractivity contribution is -0.223. The van der Waals surface area contributed by atoms with E-state index < -0.39 is 22.8 Å². The Kier molecular flexibility index (Phi) is 5.59. The van der Waals surface area contributed by atoms with Crippen LogP contribution in [0.2, 0.25) is 0 Å². The van der Waals surface area contributed by atoms with Gasteiger partial charge in [0, 0.05) is 35.0 Å². The van der Waals surface area contributed by atoms with Crippen molar-refractivity contribution in [2.45, 2.75) is 172 Å². The fourth-order valence-corrected chi connectivity index (χ4v) is 11.7. The predicted octanol–water partition coefficient (Wildman–Crippen LogP) is 5.69. The number of hydrogen-bond acceptors (Lipinski definition) is 7. The summed E-state index contributed by atoms with van der Waals surface area (Å²) >= 11 is 0. The SMILES string of the molecule is CC(C)(O)CC[C@H]1OC(C)(C)O[C@]1(C)[C@H]1CC[C@]2(C)C3CC(=O)[C@@H]4C[C@H]5OC(C)(C)O[C@H]5C[C@]4(C)C34CCC12O4. The molecule has 2 spiro atoms. The van der Waals surface area contributed by atoms with E-state index in [1.807, 2.05) is 41.5 Å². The van der Waals surface area contributed by atoms with Gasteiger partial charge in [-0.15, -0.1) is 0 Å². The molecule has 4 saturated heterocycles. The second-order valence-corrected chi connectivity index (χ2v) is 16.9. The van der Waals surface area contributed by atoms with Gasteiger partial charge in [-0.25, -0.2) is 0 Å². The maximum atomic E-state index is 14.0. The number of carbonyl (C=O) groups excluding carboxylic acids is 1. The van der Waals surface area contributed by atoms with E-state index >= 15 is 0 Å². The minimum Gasteiger partial charge on any atom is -0.390 e. The van der Waals surface area contributed by atoms with Crippen LogP contribution in [0.1, 0.15) is 120 Å². The van der Waals surface area contributed by atoms with Crippen LogP contribution in [0, 0.1) is 28.6 Å². The van der Waals surface area contributed by atoms with Gasteiger partial charge in [0.15, 0.2) is 11.6 Å². The number of fused-ring (bicyclic) bond motifs is 3. The fourth-order valence-electron chi connectivity index (χ4n) is 11.7. The van der Waals surface area contributed by atoms with Crippen LogP contribution in [-0.2, 0) is 28.5 Å². The van der Waals surface area contributed by atoms with Gasteiger partial charge in [0.2, 0.25) is 0 Å². The molecule has 3 aliphatic carbocycles. The Morgan fingerprint density at radius 1 is 0.825 bits per heavy atom. The first-order chi connectivity index (χ1) is 18.3. The van der Waals surface area contributed by atoms with Crippen molar-refractivity contribution in [3.05, 3.63) is 0 Å². The Hall–Kier alpha value is -0.570. The molecule has 3 unspecified atom stereocenters. The van der Waals surface area contributed by atoms with Crippen LogP contribution in [0.15, 0.2) is 0 Å². The normalized spacial score (nSPS) is 55.7. The molecule has 0 radical (unpaired) electrons.